The summed E-state index contributed by atoms with van der Waals surface area (Å²) in [6.45, 7) is 1.84. The fourth-order valence-corrected chi connectivity index (χ4v) is 3.10. The molecule has 1 aromatic heterocycles. The van der Waals surface area contributed by atoms with Crippen LogP contribution in [0.3, 0.4) is 0 Å². The summed E-state index contributed by atoms with van der Waals surface area (Å²) in [4.78, 5) is 4.09. The van der Waals surface area contributed by atoms with Crippen molar-refractivity contribution in [2.75, 3.05) is 0 Å². The van der Waals surface area contributed by atoms with E-state index >= 15 is 0 Å². The molecule has 2 rings (SSSR count). The van der Waals surface area contributed by atoms with Crippen LogP contribution in [0.4, 0.5) is 4.39 Å². The zero-order chi connectivity index (χ0) is 10.8. The van der Waals surface area contributed by atoms with Crippen molar-refractivity contribution in [2.24, 2.45) is 0 Å². The molecule has 2 nitrogen and oxygen atoms in total. The summed E-state index contributed by atoms with van der Waals surface area (Å²) in [6, 6.07) is 6.30. The van der Waals surface area contributed by atoms with Gasteiger partial charge in [-0.1, -0.05) is 0 Å². The van der Waals surface area contributed by atoms with Crippen LogP contribution in [0.2, 0.25) is 0 Å². The van der Waals surface area contributed by atoms with E-state index in [2.05, 4.69) is 4.98 Å². The van der Waals surface area contributed by atoms with E-state index in [4.69, 9.17) is 0 Å². The summed E-state index contributed by atoms with van der Waals surface area (Å²) in [5, 5.41) is 11.8. The molecule has 0 aliphatic heterocycles. The van der Waals surface area contributed by atoms with Gasteiger partial charge in [0.25, 0.3) is 0 Å². The van der Waals surface area contributed by atoms with Gasteiger partial charge in [0.15, 0.2) is 0 Å². The van der Waals surface area contributed by atoms with E-state index in [-0.39, 0.29) is 20.3 Å². The van der Waals surface area contributed by atoms with Crippen molar-refractivity contribution in [3.63, 3.8) is 0 Å². The van der Waals surface area contributed by atoms with Crippen LogP contribution >= 0.6 is 0 Å². The van der Waals surface area contributed by atoms with Gasteiger partial charge >= 0.3 is 92.9 Å². The van der Waals surface area contributed by atoms with E-state index in [0.717, 1.165) is 10.1 Å². The molecule has 0 saturated carbocycles. The molecule has 0 radical (unpaired) electrons. The van der Waals surface area contributed by atoms with E-state index in [1.165, 1.54) is 6.07 Å². The number of aliphatic hydroxyl groups is 1. The predicted molar refractivity (Wildman–Crippen MR) is 56.4 cm³/mol. The van der Waals surface area contributed by atoms with Crippen LogP contribution in [0.1, 0.15) is 21.8 Å². The molecule has 1 aromatic carbocycles. The summed E-state index contributed by atoms with van der Waals surface area (Å²) in [6.07, 6.45) is -0.853. The fraction of sp³-hybridized carbons (Fsp3) is 0.182. The Kier molecular flexibility index (Phi) is 3.00. The van der Waals surface area contributed by atoms with E-state index in [9.17, 15) is 9.50 Å². The molecule has 2 aromatic rings. The molecular formula is C11H10FNOSe. The third-order valence-electron chi connectivity index (χ3n) is 2.23. The molecule has 78 valence electrons. The monoisotopic (exact) mass is 271 g/mol. The molecule has 0 fully saturated rings. The van der Waals surface area contributed by atoms with Crippen LogP contribution in [0.15, 0.2) is 29.3 Å². The molecule has 0 aliphatic carbocycles. The van der Waals surface area contributed by atoms with Gasteiger partial charge in [0, 0.05) is 0 Å². The molecule has 0 aliphatic rings. The minimum atomic E-state index is -0.853. The Morgan fingerprint density at radius 1 is 1.40 bits per heavy atom. The second kappa shape index (κ2) is 4.27. The molecule has 0 bridgehead atoms. The third-order valence-corrected chi connectivity index (χ3v) is 4.29. The van der Waals surface area contributed by atoms with Crippen LogP contribution in [-0.2, 0) is 0 Å². The van der Waals surface area contributed by atoms with Gasteiger partial charge in [0.2, 0.25) is 0 Å². The first kappa shape index (κ1) is 10.6. The minimum absolute atomic E-state index is 0.0474. The van der Waals surface area contributed by atoms with Crippen molar-refractivity contribution in [3.8, 4) is 0 Å². The average Bonchev–Trinajstić information content (AvgIpc) is 2.64. The summed E-state index contributed by atoms with van der Waals surface area (Å²) in [5.41, 5.74) is 1.14. The molecule has 15 heavy (non-hydrogen) atoms. The SMILES string of the molecule is Cc1nc[se]c1C(O)c1ccccc1F. The Labute approximate surface area is 93.2 Å². The van der Waals surface area contributed by atoms with Gasteiger partial charge in [-0.3, -0.25) is 0 Å². The van der Waals surface area contributed by atoms with Gasteiger partial charge in [0.05, 0.1) is 0 Å². The van der Waals surface area contributed by atoms with Gasteiger partial charge in [-0.15, -0.1) is 0 Å². The van der Waals surface area contributed by atoms with E-state index in [0.29, 0.717) is 5.56 Å². The number of aromatic nitrogens is 1. The number of benzene rings is 1. The Hall–Kier alpha value is -0.961. The first-order valence-corrected chi connectivity index (χ1v) is 6.37. The Bertz CT molecular complexity index is 469. The van der Waals surface area contributed by atoms with Crippen molar-refractivity contribution in [1.82, 2.24) is 4.98 Å². The van der Waals surface area contributed by atoms with Gasteiger partial charge in [-0.25, -0.2) is 0 Å². The van der Waals surface area contributed by atoms with Crippen LogP contribution in [0, 0.1) is 12.7 Å². The van der Waals surface area contributed by atoms with Crippen molar-refractivity contribution >= 4 is 14.5 Å². The Balaban J connectivity index is 2.41. The first-order chi connectivity index (χ1) is 7.20. The second-order valence-corrected chi connectivity index (χ2v) is 5.09. The zero-order valence-electron chi connectivity index (χ0n) is 8.14. The number of nitrogens with zero attached hydrogens (tertiary/aromatic N) is 1. The molecule has 1 unspecified atom stereocenters. The number of rotatable bonds is 2. The van der Waals surface area contributed by atoms with Gasteiger partial charge in [0.1, 0.15) is 0 Å². The maximum atomic E-state index is 13.4. The molecular weight excluding hydrogens is 260 g/mol. The van der Waals surface area contributed by atoms with Crippen molar-refractivity contribution in [1.29, 1.82) is 0 Å². The molecule has 1 atom stereocenters. The molecule has 4 heteroatoms. The van der Waals surface area contributed by atoms with Crippen LogP contribution < -0.4 is 0 Å². The number of hydrogen-bond acceptors (Lipinski definition) is 2. The quantitative estimate of drug-likeness (QED) is 0.842. The van der Waals surface area contributed by atoms with E-state index in [1.54, 1.807) is 23.3 Å². The van der Waals surface area contributed by atoms with Crippen molar-refractivity contribution in [3.05, 3.63) is 50.8 Å². The summed E-state index contributed by atoms with van der Waals surface area (Å²) < 4.78 is 14.2. The molecule has 0 amide bonds. The van der Waals surface area contributed by atoms with E-state index < -0.39 is 6.10 Å². The summed E-state index contributed by atoms with van der Waals surface area (Å²) in [5.74, 6) is -0.368. The van der Waals surface area contributed by atoms with Crippen molar-refractivity contribution in [2.45, 2.75) is 13.0 Å². The average molecular weight is 270 g/mol. The molecule has 0 saturated heterocycles. The van der Waals surface area contributed by atoms with Crippen LogP contribution in [0.25, 0.3) is 0 Å². The Morgan fingerprint density at radius 3 is 2.73 bits per heavy atom. The van der Waals surface area contributed by atoms with Crippen LogP contribution in [-0.4, -0.2) is 24.6 Å². The topological polar surface area (TPSA) is 33.1 Å². The number of aryl methyl sites for hydroxylation is 1. The first-order valence-electron chi connectivity index (χ1n) is 4.52. The molecule has 0 spiro atoms. The third kappa shape index (κ3) is 2.02. The van der Waals surface area contributed by atoms with Gasteiger partial charge < -0.3 is 0 Å². The van der Waals surface area contributed by atoms with Crippen molar-refractivity contribution < 1.29 is 9.50 Å². The van der Waals surface area contributed by atoms with Crippen LogP contribution in [0.5, 0.6) is 0 Å². The second-order valence-electron chi connectivity index (χ2n) is 3.23. The predicted octanol–water partition coefficient (Wildman–Crippen LogP) is 1.67. The number of hydrogen-bond donors (Lipinski definition) is 1. The Morgan fingerprint density at radius 2 is 2.13 bits per heavy atom. The summed E-state index contributed by atoms with van der Waals surface area (Å²) >= 11 is 0.0474. The summed E-state index contributed by atoms with van der Waals surface area (Å²) in [7, 11) is 0. The normalized spacial score (nSPS) is 12.7. The van der Waals surface area contributed by atoms with Gasteiger partial charge in [-0.05, 0) is 0 Å². The molecule has 1 heterocycles. The standard InChI is InChI=1S/C11H10FNOSe/c1-7-11(15-6-13-7)10(14)8-4-2-3-5-9(8)12/h2-6,10,14H,1H3. The number of aliphatic hydroxyl groups excluding tert-OH is 1. The zero-order valence-corrected chi connectivity index (χ0v) is 9.86. The maximum absolute atomic E-state index is 13.4. The van der Waals surface area contributed by atoms with E-state index in [1.807, 2.05) is 6.92 Å². The molecule has 1 N–H and O–H groups in total. The fourth-order valence-electron chi connectivity index (χ4n) is 1.41. The van der Waals surface area contributed by atoms with Gasteiger partial charge in [-0.2, -0.15) is 0 Å². The number of halogens is 1.